The highest BCUT2D eigenvalue weighted by Crippen LogP contribution is 2.46. The first-order valence-corrected chi connectivity index (χ1v) is 12.8. The van der Waals surface area contributed by atoms with E-state index in [0.717, 1.165) is 45.2 Å². The average molecular weight is 449 g/mol. The van der Waals surface area contributed by atoms with Crippen LogP contribution in [-0.4, -0.2) is 78.9 Å². The van der Waals surface area contributed by atoms with Crippen LogP contribution in [0.5, 0.6) is 0 Å². The predicted molar refractivity (Wildman–Crippen MR) is 121 cm³/mol. The van der Waals surface area contributed by atoms with Crippen molar-refractivity contribution in [3.8, 4) is 6.07 Å². The highest BCUT2D eigenvalue weighted by molar-refractivity contribution is 5.82. The van der Waals surface area contributed by atoms with Crippen molar-refractivity contribution in [3.05, 3.63) is 0 Å². The van der Waals surface area contributed by atoms with E-state index in [-0.39, 0.29) is 29.7 Å². The molecule has 1 heterocycles. The molecule has 4 fully saturated rings. The fraction of sp³-hybridized carbons (Fsp3) is 0.920. The van der Waals surface area contributed by atoms with Gasteiger partial charge in [-0.2, -0.15) is 5.26 Å². The van der Waals surface area contributed by atoms with Crippen molar-refractivity contribution >= 4 is 5.91 Å². The van der Waals surface area contributed by atoms with Crippen LogP contribution in [0.15, 0.2) is 0 Å². The summed E-state index contributed by atoms with van der Waals surface area (Å²) < 4.78 is 13.8. The zero-order chi connectivity index (χ0) is 22.8. The van der Waals surface area contributed by atoms with E-state index in [2.05, 4.69) is 16.3 Å². The van der Waals surface area contributed by atoms with Gasteiger partial charge in [0.15, 0.2) is 0 Å². The standard InChI is InChI=1S/C25H41FN4O2/c1-29(15-22-21-6-4-3-5-17(21)11-18(12-27)24(22)31)25(32)23(30(2)20-13-28-14-20)16-7-9-19(26)10-8-16/h16-24,28,31H,3-11,13-15H2,1-2H3. The van der Waals surface area contributed by atoms with Crippen molar-refractivity contribution in [2.75, 3.05) is 33.7 Å². The number of halogens is 1. The Bertz CT molecular complexity index is 688. The summed E-state index contributed by atoms with van der Waals surface area (Å²) in [4.78, 5) is 17.9. The summed E-state index contributed by atoms with van der Waals surface area (Å²) in [5.74, 6) is 0.790. The van der Waals surface area contributed by atoms with Crippen LogP contribution in [0.25, 0.3) is 0 Å². The van der Waals surface area contributed by atoms with Gasteiger partial charge in [-0.25, -0.2) is 4.39 Å². The van der Waals surface area contributed by atoms with E-state index < -0.39 is 12.3 Å². The van der Waals surface area contributed by atoms with E-state index in [0.29, 0.717) is 37.3 Å². The zero-order valence-electron chi connectivity index (χ0n) is 19.8. The topological polar surface area (TPSA) is 79.6 Å². The number of aliphatic hydroxyl groups excluding tert-OH is 1. The number of nitrogens with zero attached hydrogens (tertiary/aromatic N) is 3. The van der Waals surface area contributed by atoms with Crippen molar-refractivity contribution in [1.82, 2.24) is 15.1 Å². The first kappa shape index (κ1) is 23.9. The van der Waals surface area contributed by atoms with Crippen molar-refractivity contribution in [1.29, 1.82) is 5.26 Å². The lowest BCUT2D eigenvalue weighted by Crippen LogP contribution is -2.63. The van der Waals surface area contributed by atoms with Crippen molar-refractivity contribution < 1.29 is 14.3 Å². The molecule has 4 aliphatic rings. The van der Waals surface area contributed by atoms with Gasteiger partial charge in [0.05, 0.1) is 24.1 Å². The van der Waals surface area contributed by atoms with Crippen LogP contribution in [0, 0.1) is 40.9 Å². The summed E-state index contributed by atoms with van der Waals surface area (Å²) in [5.41, 5.74) is 0. The monoisotopic (exact) mass is 448 g/mol. The van der Waals surface area contributed by atoms with Gasteiger partial charge < -0.3 is 15.3 Å². The van der Waals surface area contributed by atoms with E-state index in [1.165, 1.54) is 12.8 Å². The molecule has 0 aromatic carbocycles. The van der Waals surface area contributed by atoms with Gasteiger partial charge in [-0.1, -0.05) is 19.3 Å². The number of amides is 1. The Morgan fingerprint density at radius 1 is 1.16 bits per heavy atom. The minimum Gasteiger partial charge on any atom is -0.391 e. The minimum atomic E-state index is -0.737. The lowest BCUT2D eigenvalue weighted by Gasteiger charge is -2.48. The molecule has 0 spiro atoms. The van der Waals surface area contributed by atoms with Gasteiger partial charge in [0.1, 0.15) is 6.17 Å². The van der Waals surface area contributed by atoms with Crippen LogP contribution in [0.3, 0.4) is 0 Å². The maximum Gasteiger partial charge on any atom is 0.239 e. The molecule has 6 nitrogen and oxygen atoms in total. The molecule has 7 heteroatoms. The van der Waals surface area contributed by atoms with Gasteiger partial charge in [-0.05, 0) is 63.3 Å². The fourth-order valence-electron chi connectivity index (χ4n) is 7.01. The van der Waals surface area contributed by atoms with E-state index in [1.807, 2.05) is 19.0 Å². The summed E-state index contributed by atoms with van der Waals surface area (Å²) in [6.45, 7) is 2.28. The third kappa shape index (κ3) is 4.83. The van der Waals surface area contributed by atoms with Crippen LogP contribution >= 0.6 is 0 Å². The second kappa shape index (κ2) is 10.4. The highest BCUT2D eigenvalue weighted by atomic mass is 19.1. The van der Waals surface area contributed by atoms with Crippen molar-refractivity contribution in [2.45, 2.75) is 82.1 Å². The zero-order valence-corrected chi connectivity index (χ0v) is 19.8. The number of nitrogens with one attached hydrogen (secondary N) is 1. The van der Waals surface area contributed by atoms with E-state index in [9.17, 15) is 19.6 Å². The summed E-state index contributed by atoms with van der Waals surface area (Å²) in [5, 5.41) is 24.0. The van der Waals surface area contributed by atoms with Gasteiger partial charge >= 0.3 is 0 Å². The molecule has 4 rings (SSSR count). The number of hydrogen-bond acceptors (Lipinski definition) is 5. The Hall–Kier alpha value is -1.23. The van der Waals surface area contributed by atoms with Crippen LogP contribution in [0.1, 0.15) is 57.8 Å². The number of hydrogen-bond donors (Lipinski definition) is 2. The third-order valence-corrected chi connectivity index (χ3v) is 9.13. The number of alkyl halides is 1. The highest BCUT2D eigenvalue weighted by Gasteiger charge is 2.46. The molecule has 2 N–H and O–H groups in total. The molecule has 180 valence electrons. The Balaban J connectivity index is 1.49. The van der Waals surface area contributed by atoms with E-state index in [4.69, 9.17) is 0 Å². The molecule has 32 heavy (non-hydrogen) atoms. The number of carbonyl (C=O) groups is 1. The van der Waals surface area contributed by atoms with Crippen molar-refractivity contribution in [3.63, 3.8) is 0 Å². The minimum absolute atomic E-state index is 0.0365. The molecule has 1 saturated heterocycles. The molecular formula is C25H41FN4O2. The SMILES string of the molecule is CN(CC1C(O)C(C#N)CC2CCCCC21)C(=O)C(C1CCC(F)CC1)N(C)C1CNC1. The van der Waals surface area contributed by atoms with Crippen LogP contribution in [-0.2, 0) is 4.79 Å². The molecule has 3 saturated carbocycles. The maximum absolute atomic E-state index is 13.8. The fourth-order valence-corrected chi connectivity index (χ4v) is 7.01. The second-order valence-corrected chi connectivity index (χ2v) is 11.0. The number of fused-ring (bicyclic) bond motifs is 1. The molecule has 1 amide bonds. The largest absolute Gasteiger partial charge is 0.391 e. The molecule has 0 aromatic heterocycles. The molecular weight excluding hydrogens is 407 g/mol. The number of rotatable bonds is 6. The summed E-state index contributed by atoms with van der Waals surface area (Å²) in [6.07, 6.45) is 6.59. The van der Waals surface area contributed by atoms with Gasteiger partial charge in [0.2, 0.25) is 5.91 Å². The van der Waals surface area contributed by atoms with Gasteiger partial charge in [0, 0.05) is 38.6 Å². The average Bonchev–Trinajstić information content (AvgIpc) is 2.75. The summed E-state index contributed by atoms with van der Waals surface area (Å²) in [6, 6.07) is 2.44. The Morgan fingerprint density at radius 3 is 2.47 bits per heavy atom. The Kier molecular flexibility index (Phi) is 7.74. The maximum atomic E-state index is 13.8. The molecule has 0 radical (unpaired) electrons. The number of carbonyl (C=O) groups excluding carboxylic acids is 1. The number of nitriles is 1. The van der Waals surface area contributed by atoms with E-state index in [1.54, 1.807) is 0 Å². The first-order valence-electron chi connectivity index (χ1n) is 12.8. The quantitative estimate of drug-likeness (QED) is 0.653. The van der Waals surface area contributed by atoms with E-state index >= 15 is 0 Å². The Labute approximate surface area is 192 Å². The van der Waals surface area contributed by atoms with Gasteiger partial charge in [-0.15, -0.1) is 0 Å². The Morgan fingerprint density at radius 2 is 1.84 bits per heavy atom. The lowest BCUT2D eigenvalue weighted by molar-refractivity contribution is -0.142. The van der Waals surface area contributed by atoms with Crippen LogP contribution in [0.2, 0.25) is 0 Å². The van der Waals surface area contributed by atoms with Crippen LogP contribution in [0.4, 0.5) is 4.39 Å². The molecule has 0 bridgehead atoms. The van der Waals surface area contributed by atoms with Crippen LogP contribution < -0.4 is 5.32 Å². The number of likely N-dealkylation sites (N-methyl/N-ethyl adjacent to an activating group) is 2. The molecule has 1 aliphatic heterocycles. The smallest absolute Gasteiger partial charge is 0.239 e. The van der Waals surface area contributed by atoms with Gasteiger partial charge in [-0.3, -0.25) is 9.69 Å². The number of aliphatic hydroxyl groups is 1. The predicted octanol–water partition coefficient (Wildman–Crippen LogP) is 2.57. The summed E-state index contributed by atoms with van der Waals surface area (Å²) >= 11 is 0. The molecule has 6 atom stereocenters. The normalized spacial score (nSPS) is 38.9. The van der Waals surface area contributed by atoms with Gasteiger partial charge in [0.25, 0.3) is 0 Å². The molecule has 0 aromatic rings. The lowest BCUT2D eigenvalue weighted by atomic mass is 9.61. The summed E-state index contributed by atoms with van der Waals surface area (Å²) in [7, 11) is 3.91. The third-order valence-electron chi connectivity index (χ3n) is 9.13. The molecule has 3 aliphatic carbocycles. The first-order chi connectivity index (χ1) is 15.4. The molecule has 6 unspecified atom stereocenters. The second-order valence-electron chi connectivity index (χ2n) is 11.0. The van der Waals surface area contributed by atoms with Crippen molar-refractivity contribution in [2.24, 2.45) is 29.6 Å².